The van der Waals surface area contributed by atoms with Crippen molar-refractivity contribution < 1.29 is 9.13 Å². The lowest BCUT2D eigenvalue weighted by Crippen LogP contribution is -2.08. The molecule has 3 aromatic rings. The van der Waals surface area contributed by atoms with Crippen LogP contribution in [0.15, 0.2) is 42.6 Å². The molecular weight excluding hydrogens is 345 g/mol. The Morgan fingerprint density at radius 2 is 1.92 bits per heavy atom. The Labute approximate surface area is 149 Å². The maximum atomic E-state index is 13.8. The number of benzene rings is 1. The van der Waals surface area contributed by atoms with Crippen molar-refractivity contribution in [2.45, 2.75) is 20.1 Å². The highest BCUT2D eigenvalue weighted by atomic mass is 35.5. The molecule has 0 bridgehead atoms. The summed E-state index contributed by atoms with van der Waals surface area (Å²) in [5.41, 5.74) is 2.74. The molecule has 2 aromatic heterocycles. The predicted molar refractivity (Wildman–Crippen MR) is 91.9 cm³/mol. The molecule has 0 unspecified atom stereocenters. The van der Waals surface area contributed by atoms with E-state index in [1.54, 1.807) is 12.1 Å². The van der Waals surface area contributed by atoms with Crippen LogP contribution in [0.2, 0.25) is 5.15 Å². The Morgan fingerprint density at radius 3 is 2.64 bits per heavy atom. The molecule has 0 aliphatic carbocycles. The molecule has 0 aliphatic heterocycles. The topological polar surface area (TPSA) is 72.8 Å². The number of hydrogen-bond acceptors (Lipinski definition) is 6. The maximum absolute atomic E-state index is 13.8. The molecule has 6 nitrogen and oxygen atoms in total. The van der Waals surface area contributed by atoms with Crippen molar-refractivity contribution in [2.75, 3.05) is 5.32 Å². The van der Waals surface area contributed by atoms with Crippen molar-refractivity contribution >= 4 is 17.4 Å². The van der Waals surface area contributed by atoms with E-state index in [0.29, 0.717) is 17.5 Å². The van der Waals surface area contributed by atoms with Crippen LogP contribution in [0.1, 0.15) is 16.8 Å². The number of aromatic nitrogens is 4. The lowest BCUT2D eigenvalue weighted by molar-refractivity contribution is 0.280. The molecule has 0 aliphatic rings. The van der Waals surface area contributed by atoms with E-state index < -0.39 is 5.82 Å². The molecule has 0 saturated heterocycles. The van der Waals surface area contributed by atoms with Crippen molar-refractivity contribution in [3.05, 3.63) is 70.4 Å². The Hall–Kier alpha value is -2.80. The van der Waals surface area contributed by atoms with Gasteiger partial charge in [-0.1, -0.05) is 41.4 Å². The van der Waals surface area contributed by atoms with E-state index in [4.69, 9.17) is 16.3 Å². The fourth-order valence-corrected chi connectivity index (χ4v) is 2.09. The van der Waals surface area contributed by atoms with Crippen LogP contribution in [0.5, 0.6) is 6.01 Å². The summed E-state index contributed by atoms with van der Waals surface area (Å²) in [5.74, 6) is -0.546. The predicted octanol–water partition coefficient (Wildman–Crippen LogP) is 3.56. The Morgan fingerprint density at radius 1 is 1.12 bits per heavy atom. The molecule has 128 valence electrons. The van der Waals surface area contributed by atoms with Crippen LogP contribution in [0.4, 0.5) is 10.2 Å². The van der Waals surface area contributed by atoms with Crippen molar-refractivity contribution in [3.8, 4) is 6.01 Å². The average Bonchev–Trinajstić information content (AvgIpc) is 2.62. The van der Waals surface area contributed by atoms with E-state index in [-0.39, 0.29) is 18.4 Å². The first-order valence-electron chi connectivity index (χ1n) is 7.53. The van der Waals surface area contributed by atoms with Crippen LogP contribution in [0, 0.1) is 12.7 Å². The van der Waals surface area contributed by atoms with E-state index in [0.717, 1.165) is 11.8 Å². The van der Waals surface area contributed by atoms with Gasteiger partial charge in [0.1, 0.15) is 6.61 Å². The highest BCUT2D eigenvalue weighted by Gasteiger charge is 2.08. The lowest BCUT2D eigenvalue weighted by Gasteiger charge is -2.09. The van der Waals surface area contributed by atoms with E-state index in [2.05, 4.69) is 25.5 Å². The van der Waals surface area contributed by atoms with Gasteiger partial charge >= 0.3 is 6.01 Å². The quantitative estimate of drug-likeness (QED) is 0.725. The summed E-state index contributed by atoms with van der Waals surface area (Å²) in [6.07, 6.45) is 1.06. The third-order valence-electron chi connectivity index (χ3n) is 3.33. The van der Waals surface area contributed by atoms with E-state index in [9.17, 15) is 4.39 Å². The maximum Gasteiger partial charge on any atom is 0.318 e. The summed E-state index contributed by atoms with van der Waals surface area (Å²) in [5, 5.41) is 10.7. The van der Waals surface area contributed by atoms with Crippen molar-refractivity contribution in [1.29, 1.82) is 0 Å². The molecule has 0 amide bonds. The van der Waals surface area contributed by atoms with Crippen LogP contribution < -0.4 is 10.1 Å². The normalized spacial score (nSPS) is 10.5. The first kappa shape index (κ1) is 17.0. The van der Waals surface area contributed by atoms with Crippen LogP contribution in [0.3, 0.4) is 0 Å². The number of ether oxygens (including phenoxy) is 1. The van der Waals surface area contributed by atoms with Crippen LogP contribution >= 0.6 is 11.6 Å². The highest BCUT2D eigenvalue weighted by molar-refractivity contribution is 6.29. The number of anilines is 1. The van der Waals surface area contributed by atoms with E-state index in [1.807, 2.05) is 31.2 Å². The molecule has 0 spiro atoms. The van der Waals surface area contributed by atoms with Crippen LogP contribution in [-0.2, 0) is 13.2 Å². The van der Waals surface area contributed by atoms with Crippen molar-refractivity contribution in [1.82, 2.24) is 20.2 Å². The van der Waals surface area contributed by atoms with Gasteiger partial charge in [0.15, 0.2) is 16.8 Å². The fraction of sp³-hybridized carbons (Fsp3) is 0.176. The smallest absolute Gasteiger partial charge is 0.318 e. The largest absolute Gasteiger partial charge is 0.459 e. The molecule has 0 atom stereocenters. The first-order chi connectivity index (χ1) is 12.1. The summed E-state index contributed by atoms with van der Waals surface area (Å²) in [6, 6.07) is 11.3. The summed E-state index contributed by atoms with van der Waals surface area (Å²) in [7, 11) is 0. The standard InChI is InChI=1S/C17H15ClFN5O/c1-11-2-4-12(5-3-11)10-25-17-21-9-14(19)16(22-17)20-8-13-6-7-15(18)24-23-13/h2-7,9H,8,10H2,1H3,(H,20,21,22). The average molecular weight is 360 g/mol. The second-order valence-electron chi connectivity index (χ2n) is 5.32. The zero-order chi connectivity index (χ0) is 17.6. The summed E-state index contributed by atoms with van der Waals surface area (Å²) in [4.78, 5) is 7.89. The van der Waals surface area contributed by atoms with Crippen molar-refractivity contribution in [3.63, 3.8) is 0 Å². The molecule has 0 fully saturated rings. The van der Waals surface area contributed by atoms with E-state index in [1.165, 1.54) is 5.56 Å². The van der Waals surface area contributed by atoms with Gasteiger partial charge in [0.25, 0.3) is 0 Å². The van der Waals surface area contributed by atoms with Gasteiger partial charge in [0.05, 0.1) is 18.4 Å². The van der Waals surface area contributed by atoms with Crippen molar-refractivity contribution in [2.24, 2.45) is 0 Å². The molecule has 2 heterocycles. The number of rotatable bonds is 6. The molecule has 0 saturated carbocycles. The van der Waals surface area contributed by atoms with Crippen LogP contribution in [-0.4, -0.2) is 20.2 Å². The Kier molecular flexibility index (Phi) is 5.35. The van der Waals surface area contributed by atoms with Gasteiger partial charge in [-0.15, -0.1) is 5.10 Å². The zero-order valence-electron chi connectivity index (χ0n) is 13.4. The molecular formula is C17H15ClFN5O. The molecule has 3 rings (SSSR count). The minimum Gasteiger partial charge on any atom is -0.459 e. The zero-order valence-corrected chi connectivity index (χ0v) is 14.2. The number of hydrogen-bond donors (Lipinski definition) is 1. The molecule has 1 aromatic carbocycles. The van der Waals surface area contributed by atoms with Gasteiger partial charge < -0.3 is 10.1 Å². The molecule has 25 heavy (non-hydrogen) atoms. The lowest BCUT2D eigenvalue weighted by atomic mass is 10.2. The molecule has 0 radical (unpaired) electrons. The number of nitrogens with one attached hydrogen (secondary N) is 1. The van der Waals surface area contributed by atoms with Gasteiger partial charge in [-0.05, 0) is 24.6 Å². The number of aryl methyl sites for hydroxylation is 1. The van der Waals surface area contributed by atoms with Gasteiger partial charge in [-0.2, -0.15) is 10.1 Å². The minimum atomic E-state index is -0.579. The highest BCUT2D eigenvalue weighted by Crippen LogP contribution is 2.15. The summed E-state index contributed by atoms with van der Waals surface area (Å²) < 4.78 is 19.4. The van der Waals surface area contributed by atoms with Gasteiger partial charge in [0.2, 0.25) is 0 Å². The van der Waals surface area contributed by atoms with Gasteiger partial charge in [-0.3, -0.25) is 0 Å². The fourth-order valence-electron chi connectivity index (χ4n) is 1.99. The Balaban J connectivity index is 1.63. The molecule has 8 heteroatoms. The van der Waals surface area contributed by atoms with Gasteiger partial charge in [-0.25, -0.2) is 9.37 Å². The number of halogens is 2. The second kappa shape index (κ2) is 7.85. The first-order valence-corrected chi connectivity index (χ1v) is 7.91. The second-order valence-corrected chi connectivity index (χ2v) is 5.71. The molecule has 1 N–H and O–H groups in total. The summed E-state index contributed by atoms with van der Waals surface area (Å²) in [6.45, 7) is 2.56. The SMILES string of the molecule is Cc1ccc(COc2ncc(F)c(NCc3ccc(Cl)nn3)n2)cc1. The third-order valence-corrected chi connectivity index (χ3v) is 3.54. The Bertz CT molecular complexity index is 843. The van der Waals surface area contributed by atoms with Gasteiger partial charge in [0, 0.05) is 0 Å². The number of nitrogens with zero attached hydrogens (tertiary/aromatic N) is 4. The third kappa shape index (κ3) is 4.84. The van der Waals surface area contributed by atoms with Crippen LogP contribution in [0.25, 0.3) is 0 Å². The van der Waals surface area contributed by atoms with E-state index >= 15 is 0 Å². The minimum absolute atomic E-state index is 0.0330. The monoisotopic (exact) mass is 359 g/mol. The summed E-state index contributed by atoms with van der Waals surface area (Å²) >= 11 is 5.68.